The van der Waals surface area contributed by atoms with Crippen molar-refractivity contribution in [2.24, 2.45) is 5.11 Å². The van der Waals surface area contributed by atoms with Crippen molar-refractivity contribution in [3.63, 3.8) is 0 Å². The molecule has 13 heavy (non-hydrogen) atoms. The van der Waals surface area contributed by atoms with Gasteiger partial charge in [0.25, 0.3) is 0 Å². The highest BCUT2D eigenvalue weighted by Gasteiger charge is 1.91. The van der Waals surface area contributed by atoms with Gasteiger partial charge >= 0.3 is 0 Å². The minimum atomic E-state index is 0.401. The summed E-state index contributed by atoms with van der Waals surface area (Å²) in [6, 6.07) is 0. The van der Waals surface area contributed by atoms with Crippen LogP contribution in [0.15, 0.2) is 11.3 Å². The second kappa shape index (κ2) is 5.04. The molecule has 0 unspecified atom stereocenters. The third-order valence-electron chi connectivity index (χ3n) is 1.14. The number of nitrogens with two attached hydrogens (primary N) is 1. The first-order valence-electron chi connectivity index (χ1n) is 3.54. The van der Waals surface area contributed by atoms with Crippen molar-refractivity contribution in [1.82, 2.24) is 4.98 Å². The maximum atomic E-state index is 7.97. The average molecular weight is 193 g/mol. The van der Waals surface area contributed by atoms with Crippen LogP contribution in [0.25, 0.3) is 10.4 Å². The summed E-state index contributed by atoms with van der Waals surface area (Å²) < 4.78 is 0. The topological polar surface area (TPSA) is 87.7 Å². The molecule has 6 heteroatoms. The lowest BCUT2D eigenvalue weighted by molar-refractivity contribution is 1.02. The molecule has 5 nitrogen and oxygen atoms in total. The number of nitrogen functional groups attached to an aromatic ring is 1. The second-order valence-corrected chi connectivity index (χ2v) is 3.13. The highest BCUT2D eigenvalue weighted by Crippen LogP contribution is 2.12. The first-order chi connectivity index (χ1) is 6.33. The number of hydrogen-bond donors (Lipinski definition) is 1. The Morgan fingerprint density at radius 2 is 2.62 bits per heavy atom. The lowest BCUT2D eigenvalue weighted by Gasteiger charge is -1.78. The Labute approximate surface area is 79.2 Å². The van der Waals surface area contributed by atoms with E-state index in [0.29, 0.717) is 18.1 Å². The van der Waals surface area contributed by atoms with Gasteiger partial charge in [0.1, 0.15) is 0 Å². The Bertz CT molecular complexity index is 379. The maximum absolute atomic E-state index is 7.97. The van der Waals surface area contributed by atoms with E-state index in [4.69, 9.17) is 11.3 Å². The molecule has 0 aliphatic heterocycles. The molecule has 0 radical (unpaired) electrons. The summed E-state index contributed by atoms with van der Waals surface area (Å²) >= 11 is 1.34. The van der Waals surface area contributed by atoms with Crippen LogP contribution in [0.5, 0.6) is 0 Å². The minimum absolute atomic E-state index is 0.401. The molecule has 1 aromatic rings. The van der Waals surface area contributed by atoms with Crippen molar-refractivity contribution >= 4 is 16.5 Å². The summed E-state index contributed by atoms with van der Waals surface area (Å²) in [5.41, 5.74) is 13.4. The van der Waals surface area contributed by atoms with Crippen LogP contribution in [-0.2, 0) is 0 Å². The third-order valence-corrected chi connectivity index (χ3v) is 1.88. The predicted molar refractivity (Wildman–Crippen MR) is 52.0 cm³/mol. The molecule has 1 heterocycles. The van der Waals surface area contributed by atoms with Gasteiger partial charge in [0, 0.05) is 17.9 Å². The number of anilines is 1. The molecule has 66 valence electrons. The molecule has 2 N–H and O–H groups in total. The number of azide groups is 1. The summed E-state index contributed by atoms with van der Waals surface area (Å²) in [6.07, 6.45) is 2.18. The van der Waals surface area contributed by atoms with Crippen LogP contribution in [0.2, 0.25) is 0 Å². The van der Waals surface area contributed by atoms with Gasteiger partial charge < -0.3 is 5.73 Å². The van der Waals surface area contributed by atoms with Crippen molar-refractivity contribution in [2.75, 3.05) is 12.3 Å². The third kappa shape index (κ3) is 3.47. The summed E-state index contributed by atoms with van der Waals surface area (Å²) in [5, 5.41) is 3.86. The molecule has 0 spiro atoms. The van der Waals surface area contributed by atoms with Gasteiger partial charge in [-0.25, -0.2) is 4.98 Å². The standard InChI is InChI=1S/C7H7N5S/c8-7-10-5-6(13-7)3-1-2-4-11-12-9/h5H,2,4H2,(H2,8,10). The van der Waals surface area contributed by atoms with Gasteiger partial charge in [0.05, 0.1) is 11.1 Å². The van der Waals surface area contributed by atoms with Gasteiger partial charge in [-0.2, -0.15) is 0 Å². The SMILES string of the molecule is [N-]=[N+]=NCCC#Cc1cnc(N)s1. The van der Waals surface area contributed by atoms with Crippen molar-refractivity contribution in [2.45, 2.75) is 6.42 Å². The molecule has 0 fully saturated rings. The maximum Gasteiger partial charge on any atom is 0.181 e. The number of nitrogens with zero attached hydrogens (tertiary/aromatic N) is 4. The molecule has 0 saturated carbocycles. The van der Waals surface area contributed by atoms with Gasteiger partial charge in [-0.1, -0.05) is 28.3 Å². The van der Waals surface area contributed by atoms with E-state index in [-0.39, 0.29) is 0 Å². The molecule has 0 aliphatic rings. The van der Waals surface area contributed by atoms with Gasteiger partial charge in [-0.3, -0.25) is 0 Å². The quantitative estimate of drug-likeness (QED) is 0.255. The summed E-state index contributed by atoms with van der Waals surface area (Å²) in [4.78, 5) is 7.29. The average Bonchev–Trinajstić information content (AvgIpc) is 2.51. The van der Waals surface area contributed by atoms with Crippen LogP contribution in [0.4, 0.5) is 5.13 Å². The molecule has 0 saturated heterocycles. The predicted octanol–water partition coefficient (Wildman–Crippen LogP) is 1.78. The zero-order valence-corrected chi connectivity index (χ0v) is 7.58. The Balaban J connectivity index is 2.43. The van der Waals surface area contributed by atoms with Gasteiger partial charge in [-0.15, -0.1) is 0 Å². The Hall–Kier alpha value is -1.70. The van der Waals surface area contributed by atoms with E-state index in [1.54, 1.807) is 6.20 Å². The first-order valence-corrected chi connectivity index (χ1v) is 4.35. The molecular formula is C7H7N5S. The zero-order valence-electron chi connectivity index (χ0n) is 6.77. The van der Waals surface area contributed by atoms with Gasteiger partial charge in [0.2, 0.25) is 0 Å². The zero-order chi connectivity index (χ0) is 9.52. The van der Waals surface area contributed by atoms with Crippen molar-refractivity contribution < 1.29 is 0 Å². The van der Waals surface area contributed by atoms with Gasteiger partial charge in [0.15, 0.2) is 5.13 Å². The van der Waals surface area contributed by atoms with Crippen molar-refractivity contribution in [3.8, 4) is 11.8 Å². The van der Waals surface area contributed by atoms with E-state index in [2.05, 4.69) is 26.9 Å². The van der Waals surface area contributed by atoms with Crippen LogP contribution >= 0.6 is 11.3 Å². The molecular weight excluding hydrogens is 186 g/mol. The van der Waals surface area contributed by atoms with E-state index in [0.717, 1.165) is 4.88 Å². The second-order valence-electron chi connectivity index (χ2n) is 2.07. The van der Waals surface area contributed by atoms with Crippen molar-refractivity contribution in [3.05, 3.63) is 21.5 Å². The molecule has 0 amide bonds. The van der Waals surface area contributed by atoms with Crippen LogP contribution in [0, 0.1) is 11.8 Å². The number of thiazole rings is 1. The summed E-state index contributed by atoms with van der Waals surface area (Å²) in [7, 11) is 0. The summed E-state index contributed by atoms with van der Waals surface area (Å²) in [5.74, 6) is 5.72. The molecule has 0 bridgehead atoms. The largest absolute Gasteiger partial charge is 0.375 e. The van der Waals surface area contributed by atoms with Crippen LogP contribution in [-0.4, -0.2) is 11.5 Å². The molecule has 0 atom stereocenters. The monoisotopic (exact) mass is 193 g/mol. The van der Waals surface area contributed by atoms with E-state index >= 15 is 0 Å². The van der Waals surface area contributed by atoms with Crippen molar-refractivity contribution in [1.29, 1.82) is 0 Å². The molecule has 1 aromatic heterocycles. The number of aromatic nitrogens is 1. The normalized spacial score (nSPS) is 8.31. The fourth-order valence-electron chi connectivity index (χ4n) is 0.646. The minimum Gasteiger partial charge on any atom is -0.375 e. The number of rotatable bonds is 2. The Morgan fingerprint density at radius 3 is 3.23 bits per heavy atom. The first kappa shape index (κ1) is 9.39. The Morgan fingerprint density at radius 1 is 1.77 bits per heavy atom. The smallest absolute Gasteiger partial charge is 0.181 e. The highest BCUT2D eigenvalue weighted by atomic mass is 32.1. The van der Waals surface area contributed by atoms with Crippen LogP contribution in [0.1, 0.15) is 11.3 Å². The van der Waals surface area contributed by atoms with Crippen LogP contribution < -0.4 is 5.73 Å². The van der Waals surface area contributed by atoms with E-state index < -0.39 is 0 Å². The van der Waals surface area contributed by atoms with Crippen LogP contribution in [0.3, 0.4) is 0 Å². The lowest BCUT2D eigenvalue weighted by atomic mass is 10.4. The van der Waals surface area contributed by atoms with E-state index in [1.165, 1.54) is 11.3 Å². The van der Waals surface area contributed by atoms with Gasteiger partial charge in [-0.05, 0) is 5.53 Å². The molecule has 0 aliphatic carbocycles. The van der Waals surface area contributed by atoms with E-state index in [9.17, 15) is 0 Å². The molecule has 0 aromatic carbocycles. The summed E-state index contributed by atoms with van der Waals surface area (Å²) in [6.45, 7) is 0.401. The lowest BCUT2D eigenvalue weighted by Crippen LogP contribution is -1.77. The Kier molecular flexibility index (Phi) is 3.64. The fourth-order valence-corrected chi connectivity index (χ4v) is 1.20. The number of hydrogen-bond acceptors (Lipinski definition) is 4. The van der Waals surface area contributed by atoms with E-state index in [1.807, 2.05) is 0 Å². The highest BCUT2D eigenvalue weighted by molar-refractivity contribution is 7.15. The molecule has 1 rings (SSSR count). The fraction of sp³-hybridized carbons (Fsp3) is 0.286.